The summed E-state index contributed by atoms with van der Waals surface area (Å²) in [6.07, 6.45) is 8.16. The Morgan fingerprint density at radius 3 is 2.20 bits per heavy atom. The Balaban J connectivity index is 1.83. The van der Waals surface area contributed by atoms with Crippen LogP contribution in [-0.4, -0.2) is 45.4 Å². The topological polar surface area (TPSA) is 75.7 Å². The molecular weight excluding hydrogens is 340 g/mol. The predicted molar refractivity (Wildman–Crippen MR) is 97.1 cm³/mol. The van der Waals surface area contributed by atoms with E-state index in [0.717, 1.165) is 30.0 Å². The Morgan fingerprint density at radius 2 is 1.64 bits per heavy atom. The second-order valence-electron chi connectivity index (χ2n) is 6.66. The molecule has 0 heterocycles. The molecule has 0 aromatic heterocycles. The van der Waals surface area contributed by atoms with Crippen LogP contribution in [0.1, 0.15) is 44.9 Å². The van der Waals surface area contributed by atoms with Crippen molar-refractivity contribution in [2.75, 3.05) is 20.7 Å². The lowest BCUT2D eigenvalue weighted by Crippen LogP contribution is -2.38. The average Bonchev–Trinajstić information content (AvgIpc) is 2.55. The fourth-order valence-corrected chi connectivity index (χ4v) is 3.84. The molecule has 1 fully saturated rings. The van der Waals surface area contributed by atoms with E-state index in [9.17, 15) is 13.2 Å². The zero-order chi connectivity index (χ0) is 18.3. The van der Waals surface area contributed by atoms with Gasteiger partial charge in [-0.3, -0.25) is 4.79 Å². The third-order valence-corrected chi connectivity index (χ3v) is 6.27. The Morgan fingerprint density at radius 1 is 1.08 bits per heavy atom. The number of amides is 1. The van der Waals surface area contributed by atoms with Crippen LogP contribution >= 0.6 is 0 Å². The number of hydrogen-bond donors (Lipinski definition) is 1. The van der Waals surface area contributed by atoms with Crippen LogP contribution in [-0.2, 0) is 14.8 Å². The van der Waals surface area contributed by atoms with E-state index >= 15 is 0 Å². The minimum absolute atomic E-state index is 0.0592. The van der Waals surface area contributed by atoms with Gasteiger partial charge in [0, 0.05) is 20.1 Å². The Kier molecular flexibility index (Phi) is 7.25. The molecule has 0 radical (unpaired) electrons. The van der Waals surface area contributed by atoms with Gasteiger partial charge in [0.2, 0.25) is 10.0 Å². The van der Waals surface area contributed by atoms with Crippen LogP contribution in [0.25, 0.3) is 0 Å². The molecule has 0 spiro atoms. The molecule has 1 saturated carbocycles. The van der Waals surface area contributed by atoms with Gasteiger partial charge < -0.3 is 10.1 Å². The molecule has 25 heavy (non-hydrogen) atoms. The van der Waals surface area contributed by atoms with Crippen molar-refractivity contribution in [2.45, 2.75) is 55.9 Å². The second kappa shape index (κ2) is 9.20. The van der Waals surface area contributed by atoms with E-state index in [-0.39, 0.29) is 23.5 Å². The molecule has 0 aliphatic heterocycles. The molecular formula is C18H28N2O4S. The first kappa shape index (κ1) is 19.7. The summed E-state index contributed by atoms with van der Waals surface area (Å²) in [7, 11) is -0.481. The summed E-state index contributed by atoms with van der Waals surface area (Å²) in [5.41, 5.74) is 0. The summed E-state index contributed by atoms with van der Waals surface area (Å²) < 4.78 is 30.6. The van der Waals surface area contributed by atoms with Crippen molar-refractivity contribution in [3.05, 3.63) is 24.3 Å². The Labute approximate surface area is 150 Å². The Bertz CT molecular complexity index is 648. The van der Waals surface area contributed by atoms with Crippen LogP contribution in [0.2, 0.25) is 0 Å². The number of rotatable bonds is 6. The van der Waals surface area contributed by atoms with Crippen molar-refractivity contribution in [1.82, 2.24) is 9.62 Å². The van der Waals surface area contributed by atoms with Gasteiger partial charge in [0.1, 0.15) is 5.75 Å². The highest BCUT2D eigenvalue weighted by molar-refractivity contribution is 7.89. The molecule has 0 unspecified atom stereocenters. The summed E-state index contributed by atoms with van der Waals surface area (Å²) in [4.78, 5) is 12.3. The van der Waals surface area contributed by atoms with Gasteiger partial charge in [-0.1, -0.05) is 32.1 Å². The smallest absolute Gasteiger partial charge is 0.258 e. The Hall–Kier alpha value is -1.60. The van der Waals surface area contributed by atoms with E-state index in [1.165, 1.54) is 45.5 Å². The van der Waals surface area contributed by atoms with Crippen LogP contribution in [0.3, 0.4) is 0 Å². The molecule has 1 aliphatic carbocycles. The average molecular weight is 368 g/mol. The lowest BCUT2D eigenvalue weighted by Gasteiger charge is -2.21. The molecule has 1 N–H and O–H groups in total. The van der Waals surface area contributed by atoms with Crippen molar-refractivity contribution in [3.63, 3.8) is 0 Å². The van der Waals surface area contributed by atoms with Gasteiger partial charge in [-0.05, 0) is 37.1 Å². The maximum absolute atomic E-state index is 12.1. The standard InChI is InChI=1S/C18H28N2O4S/c1-20(2)25(22,23)17-12-10-16(11-13-17)24-14-18(21)19-15-8-6-4-3-5-7-9-15/h10-13,15H,3-9,14H2,1-2H3,(H,19,21). The van der Waals surface area contributed by atoms with E-state index in [1.807, 2.05) is 0 Å². The quantitative estimate of drug-likeness (QED) is 0.837. The SMILES string of the molecule is CN(C)S(=O)(=O)c1ccc(OCC(=O)NC2CCCCCCC2)cc1. The molecule has 1 amide bonds. The highest BCUT2D eigenvalue weighted by Crippen LogP contribution is 2.19. The van der Waals surface area contributed by atoms with E-state index < -0.39 is 10.0 Å². The van der Waals surface area contributed by atoms with Crippen LogP contribution in [0.5, 0.6) is 5.75 Å². The van der Waals surface area contributed by atoms with Crippen molar-refractivity contribution >= 4 is 15.9 Å². The van der Waals surface area contributed by atoms with Crippen LogP contribution in [0, 0.1) is 0 Å². The molecule has 1 aromatic rings. The van der Waals surface area contributed by atoms with Crippen LogP contribution in [0.15, 0.2) is 29.2 Å². The largest absolute Gasteiger partial charge is 0.484 e. The van der Waals surface area contributed by atoms with Crippen molar-refractivity contribution in [1.29, 1.82) is 0 Å². The van der Waals surface area contributed by atoms with Gasteiger partial charge in [-0.25, -0.2) is 12.7 Å². The molecule has 1 aliphatic rings. The van der Waals surface area contributed by atoms with Crippen molar-refractivity contribution < 1.29 is 17.9 Å². The minimum Gasteiger partial charge on any atom is -0.484 e. The van der Waals surface area contributed by atoms with Crippen molar-refractivity contribution in [3.8, 4) is 5.75 Å². The summed E-state index contributed by atoms with van der Waals surface area (Å²) >= 11 is 0. The van der Waals surface area contributed by atoms with Gasteiger partial charge in [0.15, 0.2) is 6.61 Å². The molecule has 0 atom stereocenters. The van der Waals surface area contributed by atoms with Gasteiger partial charge >= 0.3 is 0 Å². The fourth-order valence-electron chi connectivity index (χ4n) is 2.94. The van der Waals surface area contributed by atoms with E-state index in [4.69, 9.17) is 4.74 Å². The molecule has 140 valence electrons. The number of carbonyl (C=O) groups excluding carboxylic acids is 1. The number of sulfonamides is 1. The zero-order valence-corrected chi connectivity index (χ0v) is 15.8. The van der Waals surface area contributed by atoms with Gasteiger partial charge in [-0.15, -0.1) is 0 Å². The van der Waals surface area contributed by atoms with Gasteiger partial charge in [-0.2, -0.15) is 0 Å². The molecule has 1 aromatic carbocycles. The van der Waals surface area contributed by atoms with E-state index in [1.54, 1.807) is 12.1 Å². The lowest BCUT2D eigenvalue weighted by molar-refractivity contribution is -0.123. The normalized spacial score (nSPS) is 16.9. The van der Waals surface area contributed by atoms with Gasteiger partial charge in [0.05, 0.1) is 4.90 Å². The number of ether oxygens (including phenoxy) is 1. The molecule has 0 bridgehead atoms. The summed E-state index contributed by atoms with van der Waals surface area (Å²) in [6, 6.07) is 6.34. The molecule has 7 heteroatoms. The first-order valence-corrected chi connectivity index (χ1v) is 10.3. The molecule has 2 rings (SSSR count). The summed E-state index contributed by atoms with van der Waals surface area (Å²) in [5, 5.41) is 3.04. The first-order valence-electron chi connectivity index (χ1n) is 8.84. The zero-order valence-electron chi connectivity index (χ0n) is 15.0. The first-order chi connectivity index (χ1) is 11.9. The number of carbonyl (C=O) groups is 1. The van der Waals surface area contributed by atoms with Gasteiger partial charge in [0.25, 0.3) is 5.91 Å². The molecule has 6 nitrogen and oxygen atoms in total. The number of nitrogens with one attached hydrogen (secondary N) is 1. The molecule has 0 saturated heterocycles. The third-order valence-electron chi connectivity index (χ3n) is 4.44. The number of benzene rings is 1. The summed E-state index contributed by atoms with van der Waals surface area (Å²) in [5.74, 6) is 0.348. The number of nitrogens with zero attached hydrogens (tertiary/aromatic N) is 1. The highest BCUT2D eigenvalue weighted by atomic mass is 32.2. The van der Waals surface area contributed by atoms with Crippen molar-refractivity contribution in [2.24, 2.45) is 0 Å². The fraction of sp³-hybridized carbons (Fsp3) is 0.611. The second-order valence-corrected chi connectivity index (χ2v) is 8.81. The highest BCUT2D eigenvalue weighted by Gasteiger charge is 2.17. The maximum Gasteiger partial charge on any atom is 0.258 e. The summed E-state index contributed by atoms with van der Waals surface area (Å²) in [6.45, 7) is -0.0592. The van der Waals surface area contributed by atoms with Crippen LogP contribution in [0.4, 0.5) is 0 Å². The van der Waals surface area contributed by atoms with E-state index in [0.29, 0.717) is 5.75 Å². The van der Waals surface area contributed by atoms with E-state index in [2.05, 4.69) is 5.32 Å². The third kappa shape index (κ3) is 6.01. The minimum atomic E-state index is -3.45. The monoisotopic (exact) mass is 368 g/mol. The lowest BCUT2D eigenvalue weighted by atomic mass is 9.97. The maximum atomic E-state index is 12.1. The predicted octanol–water partition coefficient (Wildman–Crippen LogP) is 2.54. The van der Waals surface area contributed by atoms with Crippen LogP contribution < -0.4 is 10.1 Å². The number of hydrogen-bond acceptors (Lipinski definition) is 4.